The molecule has 0 rings (SSSR count). The van der Waals surface area contributed by atoms with E-state index in [9.17, 15) is 14.4 Å². The highest BCUT2D eigenvalue weighted by Gasteiger charge is 2.12. The lowest BCUT2D eigenvalue weighted by atomic mass is 10.1. The molecule has 5 nitrogen and oxygen atoms in total. The van der Waals surface area contributed by atoms with Gasteiger partial charge in [0.05, 0.1) is 34.0 Å². The Kier molecular flexibility index (Phi) is 6.65. The van der Waals surface area contributed by atoms with Crippen LogP contribution in [0.15, 0.2) is 0 Å². The summed E-state index contributed by atoms with van der Waals surface area (Å²) in [5.74, 6) is -0.759. The molecule has 0 aliphatic carbocycles. The summed E-state index contributed by atoms with van der Waals surface area (Å²) in [4.78, 5) is 33.1. The quantitative estimate of drug-likeness (QED) is 0.356. The van der Waals surface area contributed by atoms with Gasteiger partial charge >= 0.3 is 5.97 Å². The third-order valence-electron chi connectivity index (χ3n) is 2.08. The second kappa shape index (κ2) is 7.17. The first-order chi connectivity index (χ1) is 7.70. The van der Waals surface area contributed by atoms with E-state index in [1.165, 1.54) is 6.92 Å². The van der Waals surface area contributed by atoms with Crippen LogP contribution in [0.4, 0.5) is 0 Å². The van der Waals surface area contributed by atoms with Crippen molar-refractivity contribution < 1.29 is 23.6 Å². The van der Waals surface area contributed by atoms with Crippen molar-refractivity contribution in [2.45, 2.75) is 26.2 Å². The zero-order valence-electron chi connectivity index (χ0n) is 11.1. The van der Waals surface area contributed by atoms with E-state index in [-0.39, 0.29) is 36.8 Å². The molecule has 5 heteroatoms. The highest BCUT2D eigenvalue weighted by molar-refractivity contribution is 5.98. The van der Waals surface area contributed by atoms with Gasteiger partial charge in [-0.1, -0.05) is 0 Å². The number of ketones is 2. The topological polar surface area (TPSA) is 60.4 Å². The smallest absolute Gasteiger partial charge is 0.306 e. The molecule has 0 aromatic carbocycles. The maximum Gasteiger partial charge on any atom is 0.306 e. The minimum Gasteiger partial charge on any atom is -0.460 e. The molecule has 0 spiro atoms. The molecule has 0 aromatic rings. The third-order valence-corrected chi connectivity index (χ3v) is 2.08. The van der Waals surface area contributed by atoms with Gasteiger partial charge in [-0.3, -0.25) is 14.4 Å². The van der Waals surface area contributed by atoms with E-state index in [2.05, 4.69) is 0 Å². The fourth-order valence-corrected chi connectivity index (χ4v) is 1.11. The van der Waals surface area contributed by atoms with Crippen molar-refractivity contribution in [3.05, 3.63) is 0 Å². The first-order valence-corrected chi connectivity index (χ1v) is 5.68. The Bertz CT molecular complexity index is 291. The normalized spacial score (nSPS) is 11.1. The molecular formula is C12H22NO4+. The van der Waals surface area contributed by atoms with E-state index in [1.807, 2.05) is 21.1 Å². The van der Waals surface area contributed by atoms with E-state index in [1.54, 1.807) is 0 Å². The Morgan fingerprint density at radius 3 is 2.12 bits per heavy atom. The van der Waals surface area contributed by atoms with Crippen LogP contribution in [-0.2, 0) is 19.1 Å². The van der Waals surface area contributed by atoms with Gasteiger partial charge in [0.2, 0.25) is 0 Å². The van der Waals surface area contributed by atoms with Crippen molar-refractivity contribution in [3.8, 4) is 0 Å². The first-order valence-electron chi connectivity index (χ1n) is 5.68. The monoisotopic (exact) mass is 244 g/mol. The Balaban J connectivity index is 3.67. The summed E-state index contributed by atoms with van der Waals surface area (Å²) in [7, 11) is 6.01. The van der Waals surface area contributed by atoms with Crippen molar-refractivity contribution >= 4 is 17.5 Å². The number of hydrogen-bond acceptors (Lipinski definition) is 4. The molecule has 0 aromatic heterocycles. The lowest BCUT2D eigenvalue weighted by molar-refractivity contribution is -0.870. The predicted molar refractivity (Wildman–Crippen MR) is 63.4 cm³/mol. The number of likely N-dealkylation sites (N-methyl/N-ethyl adjacent to an activating group) is 1. The van der Waals surface area contributed by atoms with Gasteiger partial charge < -0.3 is 9.22 Å². The van der Waals surface area contributed by atoms with Crippen molar-refractivity contribution in [2.75, 3.05) is 34.3 Å². The van der Waals surface area contributed by atoms with Crippen molar-refractivity contribution in [2.24, 2.45) is 0 Å². The molecule has 0 aliphatic heterocycles. The van der Waals surface area contributed by atoms with Crippen LogP contribution < -0.4 is 0 Å². The second-order valence-corrected chi connectivity index (χ2v) is 5.15. The predicted octanol–water partition coefficient (Wildman–Crippen LogP) is 0.564. The van der Waals surface area contributed by atoms with E-state index in [0.29, 0.717) is 6.61 Å². The summed E-state index contributed by atoms with van der Waals surface area (Å²) in [6.07, 6.45) is 0.0538. The SMILES string of the molecule is CC(=O)CC(=O)CCC(=O)OCC[N+](C)(C)C. The van der Waals surface area contributed by atoms with Gasteiger partial charge in [0.1, 0.15) is 24.7 Å². The molecular weight excluding hydrogens is 222 g/mol. The van der Waals surface area contributed by atoms with E-state index >= 15 is 0 Å². The van der Waals surface area contributed by atoms with E-state index < -0.39 is 0 Å². The van der Waals surface area contributed by atoms with Gasteiger partial charge in [0.25, 0.3) is 0 Å². The van der Waals surface area contributed by atoms with Crippen molar-refractivity contribution in [3.63, 3.8) is 0 Å². The Morgan fingerprint density at radius 2 is 1.65 bits per heavy atom. The third kappa shape index (κ3) is 11.0. The summed E-state index contributed by atoms with van der Waals surface area (Å²) in [6, 6.07) is 0. The maximum atomic E-state index is 11.3. The fraction of sp³-hybridized carbons (Fsp3) is 0.750. The number of rotatable bonds is 8. The van der Waals surface area contributed by atoms with Gasteiger partial charge in [-0.05, 0) is 6.92 Å². The summed E-state index contributed by atoms with van der Waals surface area (Å²) in [6.45, 7) is 2.44. The number of ether oxygens (including phenoxy) is 1. The summed E-state index contributed by atoms with van der Waals surface area (Å²) < 4.78 is 5.70. The van der Waals surface area contributed by atoms with Gasteiger partial charge in [0, 0.05) is 6.42 Å². The molecule has 0 atom stereocenters. The molecule has 17 heavy (non-hydrogen) atoms. The molecule has 0 amide bonds. The lowest BCUT2D eigenvalue weighted by Gasteiger charge is -2.23. The number of nitrogens with zero attached hydrogens (tertiary/aromatic N) is 1. The van der Waals surface area contributed by atoms with Crippen molar-refractivity contribution in [1.82, 2.24) is 0 Å². The number of quaternary nitrogens is 1. The molecule has 0 saturated carbocycles. The second-order valence-electron chi connectivity index (χ2n) is 5.15. The van der Waals surface area contributed by atoms with Crippen LogP contribution in [0.25, 0.3) is 0 Å². The van der Waals surface area contributed by atoms with Crippen LogP contribution in [0.3, 0.4) is 0 Å². The fourth-order valence-electron chi connectivity index (χ4n) is 1.11. The Hall–Kier alpha value is -1.23. The van der Waals surface area contributed by atoms with Gasteiger partial charge in [-0.2, -0.15) is 0 Å². The van der Waals surface area contributed by atoms with E-state index in [0.717, 1.165) is 11.0 Å². The van der Waals surface area contributed by atoms with Gasteiger partial charge in [-0.25, -0.2) is 0 Å². The standard InChI is InChI=1S/C12H22NO4/c1-10(14)9-11(15)5-6-12(16)17-8-7-13(2,3)4/h5-9H2,1-4H3/q+1. The van der Waals surface area contributed by atoms with Crippen LogP contribution in [0, 0.1) is 0 Å². The molecule has 0 saturated heterocycles. The van der Waals surface area contributed by atoms with Crippen LogP contribution in [-0.4, -0.2) is 56.3 Å². The highest BCUT2D eigenvalue weighted by atomic mass is 16.5. The Labute approximate surface area is 102 Å². The van der Waals surface area contributed by atoms with Crippen LogP contribution >= 0.6 is 0 Å². The van der Waals surface area contributed by atoms with Crippen LogP contribution in [0.5, 0.6) is 0 Å². The molecule has 0 fully saturated rings. The summed E-state index contributed by atoms with van der Waals surface area (Å²) >= 11 is 0. The Morgan fingerprint density at radius 1 is 1.06 bits per heavy atom. The number of Topliss-reactive ketones (excluding diaryl/α,β-unsaturated/α-hetero) is 2. The number of esters is 1. The molecule has 98 valence electrons. The van der Waals surface area contributed by atoms with Crippen LogP contribution in [0.1, 0.15) is 26.2 Å². The largest absolute Gasteiger partial charge is 0.460 e. The minimum absolute atomic E-state index is 0.0588. The summed E-state index contributed by atoms with van der Waals surface area (Å²) in [5, 5.41) is 0. The van der Waals surface area contributed by atoms with Crippen LogP contribution in [0.2, 0.25) is 0 Å². The average Bonchev–Trinajstić information content (AvgIpc) is 2.11. The maximum absolute atomic E-state index is 11.3. The lowest BCUT2D eigenvalue weighted by Crippen LogP contribution is -2.38. The molecule has 0 aliphatic rings. The number of hydrogen-bond donors (Lipinski definition) is 0. The average molecular weight is 244 g/mol. The number of carbonyl (C=O) groups excluding carboxylic acids is 3. The van der Waals surface area contributed by atoms with E-state index in [4.69, 9.17) is 4.74 Å². The van der Waals surface area contributed by atoms with Gasteiger partial charge in [-0.15, -0.1) is 0 Å². The first kappa shape index (κ1) is 15.8. The number of carbonyl (C=O) groups is 3. The molecule has 0 heterocycles. The zero-order valence-corrected chi connectivity index (χ0v) is 11.1. The summed E-state index contributed by atoms with van der Waals surface area (Å²) in [5.41, 5.74) is 0. The minimum atomic E-state index is -0.379. The zero-order chi connectivity index (χ0) is 13.5. The molecule has 0 unspecified atom stereocenters. The van der Waals surface area contributed by atoms with Crippen molar-refractivity contribution in [1.29, 1.82) is 0 Å². The highest BCUT2D eigenvalue weighted by Crippen LogP contribution is 1.99. The molecule has 0 N–H and O–H groups in total. The molecule has 0 bridgehead atoms. The molecule has 0 radical (unpaired) electrons. The van der Waals surface area contributed by atoms with Gasteiger partial charge in [0.15, 0.2) is 0 Å².